The highest BCUT2D eigenvalue weighted by atomic mass is 32.2. The Balaban J connectivity index is 1.69. The van der Waals surface area contributed by atoms with Crippen LogP contribution in [0.25, 0.3) is 0 Å². The molecule has 0 unspecified atom stereocenters. The van der Waals surface area contributed by atoms with Crippen molar-refractivity contribution in [3.05, 3.63) is 48.5 Å². The molecule has 0 amide bonds. The molecule has 0 spiro atoms. The first-order valence-electron chi connectivity index (χ1n) is 8.10. The number of hydrogen-bond donors (Lipinski definition) is 1. The molecule has 0 aromatic heterocycles. The number of rotatable bonds is 10. The van der Waals surface area contributed by atoms with Gasteiger partial charge in [-0.2, -0.15) is 0 Å². The summed E-state index contributed by atoms with van der Waals surface area (Å²) in [5.41, 5.74) is 0. The van der Waals surface area contributed by atoms with E-state index in [0.717, 1.165) is 12.3 Å². The Hall–Kier alpha value is -2.29. The third-order valence-electron chi connectivity index (χ3n) is 3.69. The number of ether oxygens (including phenoxy) is 3. The molecule has 0 saturated carbocycles. The van der Waals surface area contributed by atoms with Crippen molar-refractivity contribution in [3.8, 4) is 17.2 Å². The van der Waals surface area contributed by atoms with E-state index in [4.69, 9.17) is 19.3 Å². The van der Waals surface area contributed by atoms with E-state index in [2.05, 4.69) is 4.90 Å². The maximum atomic E-state index is 11.2. The molecular formula is C18H24N2O5S. The topological polar surface area (TPSA) is 91.1 Å². The summed E-state index contributed by atoms with van der Waals surface area (Å²) in [6.45, 7) is 2.43. The van der Waals surface area contributed by atoms with Crippen molar-refractivity contribution in [1.82, 2.24) is 4.90 Å². The van der Waals surface area contributed by atoms with Gasteiger partial charge in [-0.3, -0.25) is 4.90 Å². The third kappa shape index (κ3) is 6.21. The molecule has 0 aliphatic carbocycles. The van der Waals surface area contributed by atoms with Gasteiger partial charge in [-0.05, 0) is 43.4 Å². The average molecular weight is 380 g/mol. The molecule has 26 heavy (non-hydrogen) atoms. The predicted octanol–water partition coefficient (Wildman–Crippen LogP) is 1.73. The number of nitrogens with two attached hydrogens (primary N) is 1. The van der Waals surface area contributed by atoms with Crippen molar-refractivity contribution < 1.29 is 22.6 Å². The Morgan fingerprint density at radius 2 is 1.50 bits per heavy atom. The molecule has 0 bridgehead atoms. The lowest BCUT2D eigenvalue weighted by Gasteiger charge is -2.18. The number of likely N-dealkylation sites (N-methyl/N-ethyl adjacent to an activating group) is 1. The molecule has 8 heteroatoms. The summed E-state index contributed by atoms with van der Waals surface area (Å²) in [6, 6.07) is 13.5. The lowest BCUT2D eigenvalue weighted by Crippen LogP contribution is -2.28. The summed E-state index contributed by atoms with van der Waals surface area (Å²) in [5, 5.41) is 5.06. The van der Waals surface area contributed by atoms with Gasteiger partial charge in [-0.15, -0.1) is 0 Å². The smallest absolute Gasteiger partial charge is 0.238 e. The van der Waals surface area contributed by atoms with Crippen molar-refractivity contribution >= 4 is 10.0 Å². The molecule has 2 N–H and O–H groups in total. The van der Waals surface area contributed by atoms with Crippen molar-refractivity contribution in [2.75, 3.05) is 40.5 Å². The van der Waals surface area contributed by atoms with Crippen molar-refractivity contribution in [2.45, 2.75) is 4.90 Å². The fourth-order valence-electron chi connectivity index (χ4n) is 2.21. The third-order valence-corrected chi connectivity index (χ3v) is 4.62. The molecule has 0 aliphatic rings. The van der Waals surface area contributed by atoms with Crippen LogP contribution < -0.4 is 19.3 Å². The molecule has 2 aromatic carbocycles. The molecule has 0 atom stereocenters. The summed E-state index contributed by atoms with van der Waals surface area (Å²) >= 11 is 0. The van der Waals surface area contributed by atoms with E-state index in [1.54, 1.807) is 19.2 Å². The molecule has 0 heterocycles. The fraction of sp³-hybridized carbons (Fsp3) is 0.333. The van der Waals surface area contributed by atoms with Crippen LogP contribution in [0.1, 0.15) is 0 Å². The molecule has 0 radical (unpaired) electrons. The van der Waals surface area contributed by atoms with Crippen molar-refractivity contribution in [2.24, 2.45) is 5.14 Å². The minimum atomic E-state index is -3.68. The highest BCUT2D eigenvalue weighted by Crippen LogP contribution is 2.25. The van der Waals surface area contributed by atoms with Gasteiger partial charge in [0.1, 0.15) is 19.0 Å². The molecule has 142 valence electrons. The molecule has 0 fully saturated rings. The van der Waals surface area contributed by atoms with Gasteiger partial charge in [0.25, 0.3) is 0 Å². The van der Waals surface area contributed by atoms with E-state index in [0.29, 0.717) is 31.3 Å². The van der Waals surface area contributed by atoms with Crippen LogP contribution in [0.4, 0.5) is 0 Å². The quantitative estimate of drug-likeness (QED) is 0.675. The van der Waals surface area contributed by atoms with Gasteiger partial charge in [0.15, 0.2) is 11.5 Å². The van der Waals surface area contributed by atoms with Crippen LogP contribution in [0.3, 0.4) is 0 Å². The summed E-state index contributed by atoms with van der Waals surface area (Å²) in [5.74, 6) is 2.02. The van der Waals surface area contributed by atoms with E-state index in [1.807, 2.05) is 31.3 Å². The first-order valence-corrected chi connectivity index (χ1v) is 9.65. The SMILES string of the molecule is COc1ccccc1OCCN(C)CCOc1ccc(S(N)(=O)=O)cc1. The Bertz CT molecular complexity index is 793. The summed E-state index contributed by atoms with van der Waals surface area (Å²) in [6.07, 6.45) is 0. The van der Waals surface area contributed by atoms with Gasteiger partial charge in [-0.1, -0.05) is 12.1 Å². The van der Waals surface area contributed by atoms with E-state index < -0.39 is 10.0 Å². The van der Waals surface area contributed by atoms with Crippen LogP contribution in [-0.4, -0.2) is 53.8 Å². The van der Waals surface area contributed by atoms with Crippen LogP contribution in [0, 0.1) is 0 Å². The zero-order valence-electron chi connectivity index (χ0n) is 14.9. The van der Waals surface area contributed by atoms with Crippen LogP contribution in [0.15, 0.2) is 53.4 Å². The summed E-state index contributed by atoms with van der Waals surface area (Å²) in [4.78, 5) is 2.14. The van der Waals surface area contributed by atoms with Gasteiger partial charge in [-0.25, -0.2) is 13.6 Å². The number of primary sulfonamides is 1. The zero-order valence-corrected chi connectivity index (χ0v) is 15.7. The number of methoxy groups -OCH3 is 1. The fourth-order valence-corrected chi connectivity index (χ4v) is 2.72. The van der Waals surface area contributed by atoms with Gasteiger partial charge in [0.05, 0.1) is 12.0 Å². The average Bonchev–Trinajstić information content (AvgIpc) is 2.62. The number of nitrogens with zero attached hydrogens (tertiary/aromatic N) is 1. The van der Waals surface area contributed by atoms with Gasteiger partial charge >= 0.3 is 0 Å². The van der Waals surface area contributed by atoms with Crippen LogP contribution in [-0.2, 0) is 10.0 Å². The van der Waals surface area contributed by atoms with Gasteiger partial charge in [0, 0.05) is 13.1 Å². The molecule has 0 aliphatic heterocycles. The second-order valence-corrected chi connectivity index (χ2v) is 7.23. The van der Waals surface area contributed by atoms with Gasteiger partial charge in [0.2, 0.25) is 10.0 Å². The monoisotopic (exact) mass is 380 g/mol. The predicted molar refractivity (Wildman–Crippen MR) is 99.3 cm³/mol. The standard InChI is InChI=1S/C18H24N2O5S/c1-20(12-14-25-18-6-4-3-5-17(18)23-2)11-13-24-15-7-9-16(10-8-15)26(19,21)22/h3-10H,11-14H2,1-2H3,(H2,19,21,22). The minimum Gasteiger partial charge on any atom is -0.493 e. The molecule has 0 saturated heterocycles. The maximum Gasteiger partial charge on any atom is 0.238 e. The molecule has 7 nitrogen and oxygen atoms in total. The molecule has 2 rings (SSSR count). The Morgan fingerprint density at radius 1 is 0.923 bits per heavy atom. The highest BCUT2D eigenvalue weighted by molar-refractivity contribution is 7.89. The van der Waals surface area contributed by atoms with Crippen LogP contribution in [0.2, 0.25) is 0 Å². The lowest BCUT2D eigenvalue weighted by molar-refractivity contribution is 0.199. The van der Waals surface area contributed by atoms with Crippen LogP contribution >= 0.6 is 0 Å². The number of hydrogen-bond acceptors (Lipinski definition) is 6. The number of para-hydroxylation sites is 2. The Morgan fingerprint density at radius 3 is 2.08 bits per heavy atom. The van der Waals surface area contributed by atoms with Crippen molar-refractivity contribution in [1.29, 1.82) is 0 Å². The van der Waals surface area contributed by atoms with E-state index in [-0.39, 0.29) is 4.90 Å². The molecule has 2 aromatic rings. The second kappa shape index (κ2) is 9.42. The summed E-state index contributed by atoms with van der Waals surface area (Å²) < 4.78 is 39.0. The highest BCUT2D eigenvalue weighted by Gasteiger charge is 2.07. The minimum absolute atomic E-state index is 0.0652. The lowest BCUT2D eigenvalue weighted by atomic mass is 10.3. The summed E-state index contributed by atoms with van der Waals surface area (Å²) in [7, 11) is -0.0949. The number of sulfonamides is 1. The normalized spacial score (nSPS) is 11.4. The Labute approximate surface area is 154 Å². The zero-order chi connectivity index (χ0) is 19.0. The first kappa shape index (κ1) is 20.0. The van der Waals surface area contributed by atoms with Crippen molar-refractivity contribution in [3.63, 3.8) is 0 Å². The Kier molecular flexibility index (Phi) is 7.26. The van der Waals surface area contributed by atoms with Crippen LogP contribution in [0.5, 0.6) is 17.2 Å². The maximum absolute atomic E-state index is 11.2. The number of benzene rings is 2. The molecular weight excluding hydrogens is 356 g/mol. The van der Waals surface area contributed by atoms with E-state index >= 15 is 0 Å². The second-order valence-electron chi connectivity index (χ2n) is 5.67. The first-order chi connectivity index (χ1) is 12.4. The van der Waals surface area contributed by atoms with E-state index in [1.165, 1.54) is 12.1 Å². The van der Waals surface area contributed by atoms with Gasteiger partial charge < -0.3 is 14.2 Å². The largest absolute Gasteiger partial charge is 0.493 e. The van der Waals surface area contributed by atoms with E-state index in [9.17, 15) is 8.42 Å².